The zero-order valence-corrected chi connectivity index (χ0v) is 10.7. The van der Waals surface area contributed by atoms with Crippen LogP contribution in [0.5, 0.6) is 0 Å². The maximum atomic E-state index is 12.5. The van der Waals surface area contributed by atoms with Crippen LogP contribution in [0.25, 0.3) is 0 Å². The number of nitrogens with zero attached hydrogens (tertiary/aromatic N) is 2. The Bertz CT molecular complexity index is 646. The van der Waals surface area contributed by atoms with Crippen molar-refractivity contribution in [3.63, 3.8) is 0 Å². The fourth-order valence-corrected chi connectivity index (χ4v) is 2.53. The van der Waals surface area contributed by atoms with Crippen LogP contribution < -0.4 is 0 Å². The van der Waals surface area contributed by atoms with Crippen molar-refractivity contribution in [2.75, 3.05) is 6.67 Å². The van der Waals surface area contributed by atoms with Gasteiger partial charge in [-0.1, -0.05) is 30.4 Å². The Hall–Kier alpha value is -2.56. The molecule has 100 valence electrons. The molecule has 1 aliphatic heterocycles. The van der Waals surface area contributed by atoms with E-state index in [1.54, 1.807) is 36.4 Å². The van der Waals surface area contributed by atoms with Crippen LogP contribution in [0.2, 0.25) is 0 Å². The summed E-state index contributed by atoms with van der Waals surface area (Å²) in [5.74, 6) is -0.359. The third-order valence-electron chi connectivity index (χ3n) is 3.43. The summed E-state index contributed by atoms with van der Waals surface area (Å²) < 4.78 is 0.676. The number of ketones is 1. The molecule has 0 saturated carbocycles. The van der Waals surface area contributed by atoms with E-state index in [1.165, 1.54) is 11.1 Å². The number of benzene rings is 1. The Labute approximate surface area is 115 Å². The molecule has 0 aromatic heterocycles. The van der Waals surface area contributed by atoms with Crippen LogP contribution in [0.4, 0.5) is 0 Å². The minimum atomic E-state index is -0.641. The Morgan fingerprint density at radius 3 is 2.75 bits per heavy atom. The lowest BCUT2D eigenvalue weighted by Crippen LogP contribution is -2.51. The number of Topliss-reactive ketones (excluding diaryl/α,β-unsaturated/α-hetero) is 1. The van der Waals surface area contributed by atoms with Gasteiger partial charge in [0.2, 0.25) is 6.20 Å². The molecular weight excluding hydrogens is 256 g/mol. The lowest BCUT2D eigenvalue weighted by atomic mass is 9.92. The molecule has 1 aromatic carbocycles. The van der Waals surface area contributed by atoms with Crippen molar-refractivity contribution in [1.29, 1.82) is 0 Å². The van der Waals surface area contributed by atoms with Gasteiger partial charge in [0.1, 0.15) is 6.04 Å². The molecule has 1 aromatic rings. The standard InChI is InChI=1S/C15H13N2O3/c18-13-8-4-7-12-9-16(20)10-17(14(12)13)15(19)11-5-2-1-3-6-11/h1-7,9,14H,8,10H2/q+1. The molecule has 1 aliphatic carbocycles. The fraction of sp³-hybridized carbons (Fsp3) is 0.200. The summed E-state index contributed by atoms with van der Waals surface area (Å²) in [4.78, 5) is 37.6. The van der Waals surface area contributed by atoms with Gasteiger partial charge in [0.15, 0.2) is 5.78 Å². The Morgan fingerprint density at radius 1 is 1.25 bits per heavy atom. The summed E-state index contributed by atoms with van der Waals surface area (Å²) in [7, 11) is 0. The minimum Gasteiger partial charge on any atom is -0.297 e. The molecule has 3 rings (SSSR count). The molecule has 0 spiro atoms. The highest BCUT2D eigenvalue weighted by Crippen LogP contribution is 2.25. The van der Waals surface area contributed by atoms with Crippen molar-refractivity contribution in [2.45, 2.75) is 12.5 Å². The number of hydrogen-bond donors (Lipinski definition) is 0. The second-order valence-corrected chi connectivity index (χ2v) is 4.80. The predicted molar refractivity (Wildman–Crippen MR) is 71.7 cm³/mol. The first kappa shape index (κ1) is 12.5. The topological polar surface area (TPSA) is 57.5 Å². The lowest BCUT2D eigenvalue weighted by Gasteiger charge is -2.31. The molecule has 0 N–H and O–H groups in total. The van der Waals surface area contributed by atoms with Crippen LogP contribution in [0.3, 0.4) is 0 Å². The van der Waals surface area contributed by atoms with Gasteiger partial charge in [0, 0.05) is 16.9 Å². The van der Waals surface area contributed by atoms with Crippen molar-refractivity contribution < 1.29 is 14.3 Å². The van der Waals surface area contributed by atoms with Crippen molar-refractivity contribution in [2.24, 2.45) is 0 Å². The third-order valence-corrected chi connectivity index (χ3v) is 3.43. The van der Waals surface area contributed by atoms with Gasteiger partial charge in [0.25, 0.3) is 12.6 Å². The highest BCUT2D eigenvalue weighted by molar-refractivity contribution is 6.00. The second kappa shape index (κ2) is 4.85. The third kappa shape index (κ3) is 2.07. The van der Waals surface area contributed by atoms with Crippen LogP contribution in [-0.2, 0) is 4.79 Å². The first-order chi connectivity index (χ1) is 9.66. The summed E-state index contributed by atoms with van der Waals surface area (Å²) in [5, 5.41) is 0. The van der Waals surface area contributed by atoms with Gasteiger partial charge < -0.3 is 0 Å². The van der Waals surface area contributed by atoms with Gasteiger partial charge >= 0.3 is 0 Å². The Kier molecular flexibility index (Phi) is 3.02. The second-order valence-electron chi connectivity index (χ2n) is 4.80. The summed E-state index contributed by atoms with van der Waals surface area (Å²) in [6.07, 6.45) is 5.13. The number of hydrogen-bond acceptors (Lipinski definition) is 3. The van der Waals surface area contributed by atoms with E-state index in [0.29, 0.717) is 22.3 Å². The first-order valence-electron chi connectivity index (χ1n) is 6.37. The number of carbonyl (C=O) groups excluding carboxylic acids is 2. The van der Waals surface area contributed by atoms with Crippen LogP contribution in [0, 0.1) is 4.91 Å². The van der Waals surface area contributed by atoms with Gasteiger partial charge in [-0.2, -0.15) is 0 Å². The Morgan fingerprint density at radius 2 is 2.00 bits per heavy atom. The van der Waals surface area contributed by atoms with E-state index in [4.69, 9.17) is 0 Å². The average molecular weight is 269 g/mol. The smallest absolute Gasteiger partial charge is 0.276 e. The average Bonchev–Trinajstić information content (AvgIpc) is 2.46. The van der Waals surface area contributed by atoms with Crippen LogP contribution in [-0.4, -0.2) is 34.1 Å². The monoisotopic (exact) mass is 269 g/mol. The molecule has 1 heterocycles. The predicted octanol–water partition coefficient (Wildman–Crippen LogP) is 1.66. The van der Waals surface area contributed by atoms with E-state index in [-0.39, 0.29) is 18.4 Å². The van der Waals surface area contributed by atoms with Crippen LogP contribution in [0.15, 0.2) is 54.3 Å². The highest BCUT2D eigenvalue weighted by atomic mass is 16.3. The zero-order chi connectivity index (χ0) is 14.1. The molecule has 0 fully saturated rings. The first-order valence-corrected chi connectivity index (χ1v) is 6.37. The van der Waals surface area contributed by atoms with E-state index < -0.39 is 6.04 Å². The number of carbonyl (C=O) groups is 2. The van der Waals surface area contributed by atoms with E-state index in [9.17, 15) is 14.5 Å². The molecule has 1 atom stereocenters. The summed E-state index contributed by atoms with van der Waals surface area (Å²) >= 11 is 0. The number of allylic oxidation sites excluding steroid dienone is 1. The molecular formula is C15H13N2O3+. The van der Waals surface area contributed by atoms with Gasteiger partial charge in [-0.3, -0.25) is 14.5 Å². The van der Waals surface area contributed by atoms with Crippen LogP contribution >= 0.6 is 0 Å². The van der Waals surface area contributed by atoms with Crippen molar-refractivity contribution >= 4 is 11.7 Å². The maximum absolute atomic E-state index is 12.5. The molecule has 20 heavy (non-hydrogen) atoms. The summed E-state index contributed by atoms with van der Waals surface area (Å²) in [6.45, 7) is -0.124. The van der Waals surface area contributed by atoms with Gasteiger partial charge in [-0.05, 0) is 12.1 Å². The number of amides is 1. The molecule has 5 nitrogen and oxygen atoms in total. The van der Waals surface area contributed by atoms with Gasteiger partial charge in [-0.15, -0.1) is 0 Å². The van der Waals surface area contributed by atoms with E-state index in [1.807, 2.05) is 6.07 Å². The van der Waals surface area contributed by atoms with E-state index in [0.717, 1.165) is 0 Å². The molecule has 0 bridgehead atoms. The van der Waals surface area contributed by atoms with E-state index in [2.05, 4.69) is 0 Å². The zero-order valence-electron chi connectivity index (χ0n) is 10.7. The minimum absolute atomic E-state index is 0.0591. The molecule has 5 heteroatoms. The molecule has 1 amide bonds. The fourth-order valence-electron chi connectivity index (χ4n) is 2.53. The Balaban J connectivity index is 1.99. The van der Waals surface area contributed by atoms with Crippen LogP contribution in [0.1, 0.15) is 16.8 Å². The van der Waals surface area contributed by atoms with Gasteiger partial charge in [0.05, 0.1) is 10.3 Å². The van der Waals surface area contributed by atoms with Crippen molar-refractivity contribution in [1.82, 2.24) is 4.90 Å². The van der Waals surface area contributed by atoms with E-state index >= 15 is 0 Å². The lowest BCUT2D eigenvalue weighted by molar-refractivity contribution is -0.506. The van der Waals surface area contributed by atoms with Crippen molar-refractivity contribution in [3.8, 4) is 0 Å². The van der Waals surface area contributed by atoms with Gasteiger partial charge in [-0.25, -0.2) is 0 Å². The molecule has 2 aliphatic rings. The van der Waals surface area contributed by atoms with Crippen molar-refractivity contribution in [3.05, 3.63) is 64.7 Å². The molecule has 1 unspecified atom stereocenters. The quantitative estimate of drug-likeness (QED) is 0.728. The summed E-state index contributed by atoms with van der Waals surface area (Å²) in [6, 6.07) is 8.04. The normalized spacial score (nSPS) is 21.5. The highest BCUT2D eigenvalue weighted by Gasteiger charge is 2.41. The number of fused-ring (bicyclic) bond motifs is 1. The number of nitroso groups, excluding NO2 is 1. The largest absolute Gasteiger partial charge is 0.297 e. The molecule has 0 radical (unpaired) electrons. The maximum Gasteiger partial charge on any atom is 0.276 e. The SMILES string of the molecule is O=C1CC=CC2=C[N+](=O)CN(C(=O)c3ccccc3)C12. The summed E-state index contributed by atoms with van der Waals surface area (Å²) in [5.41, 5.74) is 1.05. The molecule has 0 saturated heterocycles. The number of rotatable bonds is 1.